The topological polar surface area (TPSA) is 46.2 Å². The van der Waals surface area contributed by atoms with Crippen LogP contribution in [-0.4, -0.2) is 5.11 Å². The summed E-state index contributed by atoms with van der Waals surface area (Å²) in [5, 5.41) is 8.88. The molecular weight excluding hydrogens is 309 g/mol. The molecule has 1 aromatic carbocycles. The number of benzene rings is 1. The molecule has 0 unspecified atom stereocenters. The number of anilines is 1. The fourth-order valence-corrected chi connectivity index (χ4v) is 1.50. The van der Waals surface area contributed by atoms with Crippen LogP contribution in [0.1, 0.15) is 16.7 Å². The fourth-order valence-electron chi connectivity index (χ4n) is 1.50. The van der Waals surface area contributed by atoms with Crippen LogP contribution in [-0.2, 0) is 18.5 Å². The van der Waals surface area contributed by atoms with Crippen molar-refractivity contribution in [1.82, 2.24) is 0 Å². The average molecular weight is 313 g/mol. The monoisotopic (exact) mass is 313 g/mol. The lowest BCUT2D eigenvalue weighted by molar-refractivity contribution is -0.163. The van der Waals surface area contributed by atoms with Crippen molar-refractivity contribution in [3.63, 3.8) is 0 Å². The van der Waals surface area contributed by atoms with Gasteiger partial charge in [-0.1, -0.05) is 0 Å². The summed E-state index contributed by atoms with van der Waals surface area (Å²) in [6.07, 6.45) is -17.0. The van der Waals surface area contributed by atoms with Crippen LogP contribution in [0.4, 0.5) is 45.2 Å². The van der Waals surface area contributed by atoms with E-state index in [1.54, 1.807) is 0 Å². The zero-order valence-corrected chi connectivity index (χ0v) is 9.00. The minimum atomic E-state index is -5.83. The van der Waals surface area contributed by atoms with Crippen LogP contribution in [0, 0.1) is 0 Å². The van der Waals surface area contributed by atoms with Gasteiger partial charge in [0.2, 0.25) is 0 Å². The third-order valence-electron chi connectivity index (χ3n) is 2.22. The Bertz CT molecular complexity index is 526. The van der Waals surface area contributed by atoms with Crippen molar-refractivity contribution in [3.8, 4) is 5.75 Å². The molecule has 0 saturated carbocycles. The van der Waals surface area contributed by atoms with E-state index in [-0.39, 0.29) is 0 Å². The van der Waals surface area contributed by atoms with E-state index in [1.807, 2.05) is 0 Å². The highest BCUT2D eigenvalue weighted by Gasteiger charge is 2.50. The van der Waals surface area contributed by atoms with E-state index in [9.17, 15) is 39.5 Å². The van der Waals surface area contributed by atoms with Gasteiger partial charge in [0.05, 0.1) is 16.8 Å². The van der Waals surface area contributed by atoms with E-state index in [4.69, 9.17) is 5.11 Å². The summed E-state index contributed by atoms with van der Waals surface area (Å²) in [6.45, 7) is 0. The van der Waals surface area contributed by atoms with Crippen LogP contribution >= 0.6 is 0 Å². The van der Waals surface area contributed by atoms with Crippen LogP contribution in [0.25, 0.3) is 0 Å². The second-order valence-electron chi connectivity index (χ2n) is 3.60. The molecular formula is C9H4F9NO. The smallest absolute Gasteiger partial charge is 0.420 e. The second kappa shape index (κ2) is 4.35. The first-order chi connectivity index (χ1) is 8.67. The highest BCUT2D eigenvalue weighted by atomic mass is 19.4. The van der Waals surface area contributed by atoms with Crippen molar-refractivity contribution < 1.29 is 44.6 Å². The number of alkyl halides is 9. The Morgan fingerprint density at radius 2 is 1.15 bits per heavy atom. The molecule has 0 heterocycles. The van der Waals surface area contributed by atoms with Gasteiger partial charge in [0.25, 0.3) is 0 Å². The Balaban J connectivity index is 3.88. The summed E-state index contributed by atoms with van der Waals surface area (Å²) >= 11 is 0. The number of nitrogens with two attached hydrogens (primary N) is 1. The van der Waals surface area contributed by atoms with E-state index in [1.165, 1.54) is 0 Å². The summed E-state index contributed by atoms with van der Waals surface area (Å²) in [7, 11) is 0. The van der Waals surface area contributed by atoms with Crippen LogP contribution in [0.5, 0.6) is 5.75 Å². The SMILES string of the molecule is Nc1c(C(F)(F)F)cc(O)c(C(F)(F)F)c1C(F)(F)F. The van der Waals surface area contributed by atoms with Gasteiger partial charge in [-0.05, 0) is 6.07 Å². The first-order valence-corrected chi connectivity index (χ1v) is 4.54. The second-order valence-corrected chi connectivity index (χ2v) is 3.60. The molecule has 0 aliphatic carbocycles. The van der Waals surface area contributed by atoms with Gasteiger partial charge >= 0.3 is 18.5 Å². The number of hydrogen-bond acceptors (Lipinski definition) is 2. The molecule has 1 rings (SSSR count). The van der Waals surface area contributed by atoms with E-state index in [2.05, 4.69) is 5.73 Å². The number of phenolic OH excluding ortho intramolecular Hbond substituents is 1. The lowest BCUT2D eigenvalue weighted by Gasteiger charge is -2.21. The predicted octanol–water partition coefficient (Wildman–Crippen LogP) is 4.03. The summed E-state index contributed by atoms with van der Waals surface area (Å²) in [5.41, 5.74) is -5.19. The molecule has 0 aromatic heterocycles. The first kappa shape index (κ1) is 16.2. The number of hydrogen-bond donors (Lipinski definition) is 2. The molecule has 0 spiro atoms. The van der Waals surface area contributed by atoms with Crippen molar-refractivity contribution in [1.29, 1.82) is 0 Å². The number of halogens is 9. The molecule has 0 saturated heterocycles. The third-order valence-corrected chi connectivity index (χ3v) is 2.22. The summed E-state index contributed by atoms with van der Waals surface area (Å²) in [6, 6.07) is -0.493. The van der Waals surface area contributed by atoms with Crippen molar-refractivity contribution in [3.05, 3.63) is 22.8 Å². The van der Waals surface area contributed by atoms with Gasteiger partial charge in [0.1, 0.15) is 11.3 Å². The minimum absolute atomic E-state index is 0.493. The molecule has 1 aromatic rings. The Morgan fingerprint density at radius 1 is 0.750 bits per heavy atom. The highest BCUT2D eigenvalue weighted by Crippen LogP contribution is 2.50. The van der Waals surface area contributed by atoms with Gasteiger partial charge in [-0.15, -0.1) is 0 Å². The Morgan fingerprint density at radius 3 is 1.45 bits per heavy atom. The minimum Gasteiger partial charge on any atom is -0.507 e. The standard InChI is InChI=1S/C9H4F9NO/c10-7(11,12)2-1-3(20)4(8(13,14)15)5(6(2)19)9(16,17)18/h1,20H,19H2. The van der Waals surface area contributed by atoms with Crippen molar-refractivity contribution in [2.45, 2.75) is 18.5 Å². The Hall–Kier alpha value is -1.81. The Kier molecular flexibility index (Phi) is 3.53. The number of nitrogen functional groups attached to an aromatic ring is 1. The zero-order chi connectivity index (χ0) is 16.1. The van der Waals surface area contributed by atoms with E-state index >= 15 is 0 Å². The van der Waals surface area contributed by atoms with E-state index in [0.29, 0.717) is 0 Å². The molecule has 0 aliphatic rings. The fraction of sp³-hybridized carbons (Fsp3) is 0.333. The van der Waals surface area contributed by atoms with Crippen LogP contribution in [0.15, 0.2) is 6.07 Å². The molecule has 0 amide bonds. The van der Waals surface area contributed by atoms with Crippen LogP contribution in [0.2, 0.25) is 0 Å². The Labute approximate surface area is 104 Å². The quantitative estimate of drug-likeness (QED) is 0.431. The molecule has 0 radical (unpaired) electrons. The molecule has 0 atom stereocenters. The van der Waals surface area contributed by atoms with Gasteiger partial charge in [-0.2, -0.15) is 39.5 Å². The molecule has 20 heavy (non-hydrogen) atoms. The summed E-state index contributed by atoms with van der Waals surface area (Å²) < 4.78 is 112. The van der Waals surface area contributed by atoms with Gasteiger partial charge in [-0.3, -0.25) is 0 Å². The van der Waals surface area contributed by atoms with Gasteiger partial charge < -0.3 is 10.8 Å². The van der Waals surface area contributed by atoms with E-state index < -0.39 is 52.7 Å². The molecule has 3 N–H and O–H groups in total. The molecule has 114 valence electrons. The molecule has 11 heteroatoms. The summed E-state index contributed by atoms with van der Waals surface area (Å²) in [5.74, 6) is -2.20. The maximum atomic E-state index is 12.5. The van der Waals surface area contributed by atoms with Crippen molar-refractivity contribution >= 4 is 5.69 Å². The lowest BCUT2D eigenvalue weighted by atomic mass is 9.98. The number of aromatic hydroxyl groups is 1. The van der Waals surface area contributed by atoms with E-state index in [0.717, 1.165) is 0 Å². The highest BCUT2D eigenvalue weighted by molar-refractivity contribution is 5.64. The molecule has 2 nitrogen and oxygen atoms in total. The van der Waals surface area contributed by atoms with Crippen LogP contribution < -0.4 is 5.73 Å². The number of rotatable bonds is 0. The van der Waals surface area contributed by atoms with Gasteiger partial charge in [-0.25, -0.2) is 0 Å². The average Bonchev–Trinajstić information content (AvgIpc) is 2.14. The largest absolute Gasteiger partial charge is 0.507 e. The van der Waals surface area contributed by atoms with Crippen molar-refractivity contribution in [2.24, 2.45) is 0 Å². The van der Waals surface area contributed by atoms with Gasteiger partial charge in [0.15, 0.2) is 0 Å². The van der Waals surface area contributed by atoms with Gasteiger partial charge in [0, 0.05) is 0 Å². The molecule has 0 bridgehead atoms. The zero-order valence-electron chi connectivity index (χ0n) is 9.00. The normalized spacial score (nSPS) is 13.7. The van der Waals surface area contributed by atoms with Crippen LogP contribution in [0.3, 0.4) is 0 Å². The third kappa shape index (κ3) is 2.85. The lowest BCUT2D eigenvalue weighted by Crippen LogP contribution is -2.22. The number of phenols is 1. The molecule has 0 fully saturated rings. The predicted molar refractivity (Wildman–Crippen MR) is 47.5 cm³/mol. The van der Waals surface area contributed by atoms with Crippen molar-refractivity contribution in [2.75, 3.05) is 5.73 Å². The maximum absolute atomic E-state index is 12.5. The molecule has 0 aliphatic heterocycles. The first-order valence-electron chi connectivity index (χ1n) is 4.54. The summed E-state index contributed by atoms with van der Waals surface area (Å²) in [4.78, 5) is 0. The maximum Gasteiger partial charge on any atom is 0.420 e.